The molecule has 146 valence electrons. The third kappa shape index (κ3) is 4.08. The fraction of sp³-hybridized carbons (Fsp3) is 0.474. The molecule has 0 aromatic carbocycles. The van der Waals surface area contributed by atoms with Crippen LogP contribution in [0.4, 0.5) is 0 Å². The molecular weight excluding hydrogens is 356 g/mol. The van der Waals surface area contributed by atoms with Crippen molar-refractivity contribution >= 4 is 5.91 Å². The van der Waals surface area contributed by atoms with E-state index in [0.29, 0.717) is 19.5 Å². The number of amides is 1. The highest BCUT2D eigenvalue weighted by Gasteiger charge is 2.27. The Morgan fingerprint density at radius 3 is 2.89 bits per heavy atom. The van der Waals surface area contributed by atoms with Crippen molar-refractivity contribution < 1.29 is 4.79 Å². The van der Waals surface area contributed by atoms with E-state index in [-0.39, 0.29) is 11.8 Å². The molecule has 1 fully saturated rings. The highest BCUT2D eigenvalue weighted by Crippen LogP contribution is 2.26. The summed E-state index contributed by atoms with van der Waals surface area (Å²) in [5.74, 6) is 2.17. The van der Waals surface area contributed by atoms with E-state index in [1.165, 1.54) is 5.56 Å². The summed E-state index contributed by atoms with van der Waals surface area (Å²) in [5.41, 5.74) is 1.19. The van der Waals surface area contributed by atoms with Crippen LogP contribution < -0.4 is 0 Å². The first-order chi connectivity index (χ1) is 13.7. The Bertz CT molecular complexity index is 919. The van der Waals surface area contributed by atoms with Gasteiger partial charge in [-0.2, -0.15) is 0 Å². The summed E-state index contributed by atoms with van der Waals surface area (Å²) in [5, 5.41) is 11.4. The molecule has 0 spiro atoms. The maximum absolute atomic E-state index is 12.7. The van der Waals surface area contributed by atoms with Gasteiger partial charge in [-0.25, -0.2) is 9.67 Å². The highest BCUT2D eigenvalue weighted by molar-refractivity contribution is 5.76. The molecule has 3 aromatic heterocycles. The largest absolute Gasteiger partial charge is 0.342 e. The first-order valence-corrected chi connectivity index (χ1v) is 9.61. The molecule has 1 amide bonds. The molecule has 28 heavy (non-hydrogen) atoms. The molecule has 4 rings (SSSR count). The number of aryl methyl sites for hydroxylation is 2. The first kappa shape index (κ1) is 18.3. The van der Waals surface area contributed by atoms with Crippen molar-refractivity contribution in [1.82, 2.24) is 39.6 Å². The molecular formula is C19H24N8O. The van der Waals surface area contributed by atoms with Gasteiger partial charge >= 0.3 is 0 Å². The number of tetrazole rings is 1. The van der Waals surface area contributed by atoms with Gasteiger partial charge < -0.3 is 9.47 Å². The number of carbonyl (C=O) groups is 1. The smallest absolute Gasteiger partial charge is 0.224 e. The molecule has 0 aliphatic carbocycles. The second-order valence-corrected chi connectivity index (χ2v) is 7.15. The normalized spacial score (nSPS) is 17.0. The number of likely N-dealkylation sites (tertiary alicyclic amines) is 1. The van der Waals surface area contributed by atoms with Gasteiger partial charge in [-0.3, -0.25) is 9.78 Å². The molecule has 1 saturated heterocycles. The average Bonchev–Trinajstić information content (AvgIpc) is 3.36. The van der Waals surface area contributed by atoms with E-state index >= 15 is 0 Å². The Labute approximate surface area is 163 Å². The van der Waals surface area contributed by atoms with Gasteiger partial charge in [0.25, 0.3) is 0 Å². The summed E-state index contributed by atoms with van der Waals surface area (Å²) < 4.78 is 3.85. The summed E-state index contributed by atoms with van der Waals surface area (Å²) in [6.45, 7) is 4.62. The molecule has 9 nitrogen and oxygen atoms in total. The van der Waals surface area contributed by atoms with Crippen molar-refractivity contribution in [3.05, 3.63) is 54.1 Å². The predicted molar refractivity (Wildman–Crippen MR) is 101 cm³/mol. The highest BCUT2D eigenvalue weighted by atomic mass is 16.2. The van der Waals surface area contributed by atoms with Crippen molar-refractivity contribution in [2.24, 2.45) is 0 Å². The summed E-state index contributed by atoms with van der Waals surface area (Å²) in [6, 6.07) is 4.03. The number of piperidine rings is 1. The predicted octanol–water partition coefficient (Wildman–Crippen LogP) is 1.42. The third-order valence-electron chi connectivity index (χ3n) is 5.24. The van der Waals surface area contributed by atoms with Crippen molar-refractivity contribution in [3.63, 3.8) is 0 Å². The molecule has 0 unspecified atom stereocenters. The summed E-state index contributed by atoms with van der Waals surface area (Å²) in [7, 11) is 0. The molecule has 0 saturated carbocycles. The van der Waals surface area contributed by atoms with Gasteiger partial charge in [-0.05, 0) is 47.9 Å². The van der Waals surface area contributed by atoms with Crippen LogP contribution in [0, 0.1) is 6.92 Å². The van der Waals surface area contributed by atoms with Crippen LogP contribution in [-0.4, -0.2) is 58.6 Å². The lowest BCUT2D eigenvalue weighted by atomic mass is 9.96. The van der Waals surface area contributed by atoms with E-state index < -0.39 is 0 Å². The van der Waals surface area contributed by atoms with E-state index in [2.05, 4.69) is 30.1 Å². The van der Waals surface area contributed by atoms with Crippen molar-refractivity contribution in [1.29, 1.82) is 0 Å². The first-order valence-electron chi connectivity index (χ1n) is 9.61. The van der Waals surface area contributed by atoms with Gasteiger partial charge in [-0.15, -0.1) is 5.10 Å². The number of pyridine rings is 1. The van der Waals surface area contributed by atoms with Crippen LogP contribution in [0.2, 0.25) is 0 Å². The molecule has 0 radical (unpaired) electrons. The molecule has 1 aliphatic heterocycles. The zero-order chi connectivity index (χ0) is 19.3. The molecule has 0 N–H and O–H groups in total. The van der Waals surface area contributed by atoms with Crippen LogP contribution in [0.25, 0.3) is 0 Å². The maximum atomic E-state index is 12.7. The van der Waals surface area contributed by atoms with Crippen molar-refractivity contribution in [2.75, 3.05) is 13.1 Å². The van der Waals surface area contributed by atoms with Crippen LogP contribution in [0.5, 0.6) is 0 Å². The molecule has 0 bridgehead atoms. The van der Waals surface area contributed by atoms with Gasteiger partial charge in [0.15, 0.2) is 0 Å². The monoisotopic (exact) mass is 380 g/mol. The lowest BCUT2D eigenvalue weighted by molar-refractivity contribution is -0.132. The molecule has 1 aliphatic rings. The lowest BCUT2D eigenvalue weighted by Crippen LogP contribution is -2.40. The Hall–Kier alpha value is -3.10. The standard InChI is InChI=1S/C19H24N8O/c1-15-22-23-24-27(15)11-6-18(28)25-10-2-3-17(14-25)19-21-9-12-26(19)13-16-4-7-20-8-5-16/h4-5,7-9,12,17H,2-3,6,10-11,13-14H2,1H3/t17-/m1/s1. The van der Waals surface area contributed by atoms with Gasteiger partial charge in [0, 0.05) is 56.8 Å². The second-order valence-electron chi connectivity index (χ2n) is 7.15. The van der Waals surface area contributed by atoms with Gasteiger partial charge in [0.2, 0.25) is 5.91 Å². The van der Waals surface area contributed by atoms with E-state index in [1.54, 1.807) is 17.1 Å². The van der Waals surface area contributed by atoms with Crippen LogP contribution in [0.15, 0.2) is 36.9 Å². The van der Waals surface area contributed by atoms with Gasteiger partial charge in [-0.1, -0.05) is 0 Å². The number of rotatable bonds is 6. The maximum Gasteiger partial charge on any atom is 0.224 e. The lowest BCUT2D eigenvalue weighted by Gasteiger charge is -2.32. The Kier molecular flexibility index (Phi) is 5.41. The minimum absolute atomic E-state index is 0.145. The number of aromatic nitrogens is 7. The quantitative estimate of drug-likeness (QED) is 0.642. The van der Waals surface area contributed by atoms with Crippen LogP contribution in [-0.2, 0) is 17.9 Å². The second kappa shape index (κ2) is 8.28. The van der Waals surface area contributed by atoms with E-state index in [1.807, 2.05) is 36.4 Å². The fourth-order valence-electron chi connectivity index (χ4n) is 3.73. The summed E-state index contributed by atoms with van der Waals surface area (Å²) >= 11 is 0. The molecule has 3 aromatic rings. The Morgan fingerprint density at radius 1 is 1.25 bits per heavy atom. The van der Waals surface area contributed by atoms with E-state index in [9.17, 15) is 4.79 Å². The summed E-state index contributed by atoms with van der Waals surface area (Å²) in [6.07, 6.45) is 9.91. The number of nitrogens with zero attached hydrogens (tertiary/aromatic N) is 8. The molecule has 9 heteroatoms. The van der Waals surface area contributed by atoms with Crippen LogP contribution >= 0.6 is 0 Å². The number of imidazole rings is 1. The zero-order valence-electron chi connectivity index (χ0n) is 16.0. The molecule has 4 heterocycles. The third-order valence-corrected chi connectivity index (χ3v) is 5.24. The number of hydrogen-bond donors (Lipinski definition) is 0. The minimum Gasteiger partial charge on any atom is -0.342 e. The van der Waals surface area contributed by atoms with Gasteiger partial charge in [0.1, 0.15) is 11.6 Å². The zero-order valence-corrected chi connectivity index (χ0v) is 16.0. The van der Waals surface area contributed by atoms with E-state index in [4.69, 9.17) is 0 Å². The number of carbonyl (C=O) groups excluding carboxylic acids is 1. The number of hydrogen-bond acceptors (Lipinski definition) is 6. The Balaban J connectivity index is 1.39. The summed E-state index contributed by atoms with van der Waals surface area (Å²) in [4.78, 5) is 23.3. The SMILES string of the molecule is Cc1nnnn1CCC(=O)N1CCC[C@@H](c2nccn2Cc2ccncc2)C1. The Morgan fingerprint density at radius 2 is 2.11 bits per heavy atom. The van der Waals surface area contributed by atoms with E-state index in [0.717, 1.165) is 37.6 Å². The fourth-order valence-corrected chi connectivity index (χ4v) is 3.73. The molecule has 1 atom stereocenters. The van der Waals surface area contributed by atoms with Crippen molar-refractivity contribution in [2.45, 2.75) is 45.2 Å². The van der Waals surface area contributed by atoms with Crippen LogP contribution in [0.1, 0.15) is 42.4 Å². The van der Waals surface area contributed by atoms with Crippen LogP contribution in [0.3, 0.4) is 0 Å². The average molecular weight is 380 g/mol. The van der Waals surface area contributed by atoms with Crippen molar-refractivity contribution in [3.8, 4) is 0 Å². The topological polar surface area (TPSA) is 94.6 Å². The van der Waals surface area contributed by atoms with Gasteiger partial charge in [0.05, 0.1) is 6.54 Å². The minimum atomic E-state index is 0.145.